The average Bonchev–Trinajstić information content (AvgIpc) is 2.39. The third-order valence-electron chi connectivity index (χ3n) is 3.31. The van der Waals surface area contributed by atoms with E-state index in [1.54, 1.807) is 0 Å². The Kier molecular flexibility index (Phi) is 4.24. The van der Waals surface area contributed by atoms with Gasteiger partial charge in [0, 0.05) is 24.3 Å². The minimum absolute atomic E-state index is 0.0521. The van der Waals surface area contributed by atoms with Crippen LogP contribution in [0.25, 0.3) is 0 Å². The zero-order valence-corrected chi connectivity index (χ0v) is 11.0. The number of rotatable bonds is 4. The first-order valence-electron chi connectivity index (χ1n) is 5.97. The summed E-state index contributed by atoms with van der Waals surface area (Å²) in [6, 6.07) is 4.34. The van der Waals surface area contributed by atoms with Crippen LogP contribution in [0.15, 0.2) is 18.2 Å². The molecule has 104 valence electrons. The maximum absolute atomic E-state index is 11.0. The second-order valence-electron chi connectivity index (χ2n) is 4.59. The second-order valence-corrected chi connectivity index (χ2v) is 5.03. The lowest BCUT2D eigenvalue weighted by molar-refractivity contribution is -0.384. The monoisotopic (exact) mass is 286 g/mol. The average molecular weight is 287 g/mol. The van der Waals surface area contributed by atoms with E-state index >= 15 is 0 Å². The molecule has 1 aromatic carbocycles. The normalized spacial score (nSPS) is 18.0. The van der Waals surface area contributed by atoms with Gasteiger partial charge < -0.3 is 15.2 Å². The highest BCUT2D eigenvalue weighted by molar-refractivity contribution is 6.31. The van der Waals surface area contributed by atoms with Crippen LogP contribution in [0.5, 0.6) is 0 Å². The van der Waals surface area contributed by atoms with Crippen molar-refractivity contribution in [2.24, 2.45) is 0 Å². The molecule has 0 amide bonds. The van der Waals surface area contributed by atoms with Crippen molar-refractivity contribution < 1.29 is 14.8 Å². The third-order valence-corrected chi connectivity index (χ3v) is 3.54. The van der Waals surface area contributed by atoms with Crippen LogP contribution in [0.1, 0.15) is 12.8 Å². The highest BCUT2D eigenvalue weighted by atomic mass is 35.5. The summed E-state index contributed by atoms with van der Waals surface area (Å²) < 4.78 is 5.25. The van der Waals surface area contributed by atoms with Crippen molar-refractivity contribution in [3.05, 3.63) is 33.3 Å². The fourth-order valence-electron chi connectivity index (χ4n) is 2.14. The van der Waals surface area contributed by atoms with E-state index in [0.29, 0.717) is 36.8 Å². The van der Waals surface area contributed by atoms with Gasteiger partial charge in [0.25, 0.3) is 5.69 Å². The Labute approximate surface area is 115 Å². The van der Waals surface area contributed by atoms with Gasteiger partial charge in [-0.05, 0) is 25.0 Å². The standard InChI is InChI=1S/C12H15ClN2O4/c13-9-1-2-11(15(17)18)10(7-9)14-12(8-16)3-5-19-6-4-12/h1-2,7,14,16H,3-6,8H2. The van der Waals surface area contributed by atoms with E-state index < -0.39 is 10.5 Å². The summed E-state index contributed by atoms with van der Waals surface area (Å²) in [6.07, 6.45) is 1.18. The first-order valence-corrected chi connectivity index (χ1v) is 6.35. The molecule has 1 aliphatic rings. The molecular weight excluding hydrogens is 272 g/mol. The van der Waals surface area contributed by atoms with Gasteiger partial charge in [-0.3, -0.25) is 10.1 Å². The lowest BCUT2D eigenvalue weighted by atomic mass is 9.90. The Morgan fingerprint density at radius 3 is 2.74 bits per heavy atom. The number of ether oxygens (including phenoxy) is 1. The minimum Gasteiger partial charge on any atom is -0.394 e. The molecule has 1 saturated heterocycles. The molecule has 2 rings (SSSR count). The van der Waals surface area contributed by atoms with Crippen LogP contribution >= 0.6 is 11.6 Å². The van der Waals surface area contributed by atoms with Crippen LogP contribution in [0.3, 0.4) is 0 Å². The van der Waals surface area contributed by atoms with Crippen molar-refractivity contribution >= 4 is 23.0 Å². The van der Waals surface area contributed by atoms with E-state index in [9.17, 15) is 15.2 Å². The van der Waals surface area contributed by atoms with Crippen LogP contribution < -0.4 is 5.32 Å². The number of aliphatic hydroxyl groups excluding tert-OH is 1. The van der Waals surface area contributed by atoms with Crippen molar-refractivity contribution in [3.8, 4) is 0 Å². The number of aliphatic hydroxyl groups is 1. The van der Waals surface area contributed by atoms with Gasteiger partial charge >= 0.3 is 0 Å². The fourth-order valence-corrected chi connectivity index (χ4v) is 2.31. The smallest absolute Gasteiger partial charge is 0.292 e. The Balaban J connectivity index is 2.30. The summed E-state index contributed by atoms with van der Waals surface area (Å²) in [7, 11) is 0. The predicted molar refractivity (Wildman–Crippen MR) is 71.6 cm³/mol. The van der Waals surface area contributed by atoms with Crippen LogP contribution in [-0.2, 0) is 4.74 Å². The van der Waals surface area contributed by atoms with E-state index in [1.165, 1.54) is 18.2 Å². The van der Waals surface area contributed by atoms with Crippen LogP contribution in [0.4, 0.5) is 11.4 Å². The lowest BCUT2D eigenvalue weighted by Gasteiger charge is -2.37. The molecule has 1 aromatic rings. The van der Waals surface area contributed by atoms with Gasteiger partial charge in [-0.25, -0.2) is 0 Å². The Morgan fingerprint density at radius 2 is 2.16 bits per heavy atom. The van der Waals surface area contributed by atoms with Gasteiger partial charge in [-0.2, -0.15) is 0 Å². The summed E-state index contributed by atoms with van der Waals surface area (Å²) in [5.41, 5.74) is -0.314. The molecule has 0 saturated carbocycles. The number of nitrogens with zero attached hydrogens (tertiary/aromatic N) is 1. The topological polar surface area (TPSA) is 84.6 Å². The van der Waals surface area contributed by atoms with Gasteiger partial charge in [-0.15, -0.1) is 0 Å². The summed E-state index contributed by atoms with van der Waals surface area (Å²) in [5.74, 6) is 0. The molecule has 19 heavy (non-hydrogen) atoms. The van der Waals surface area contributed by atoms with Crippen LogP contribution in [0, 0.1) is 10.1 Å². The first kappa shape index (κ1) is 14.0. The summed E-state index contributed by atoms with van der Waals surface area (Å²) in [6.45, 7) is 0.921. The lowest BCUT2D eigenvalue weighted by Crippen LogP contribution is -2.47. The highest BCUT2D eigenvalue weighted by Crippen LogP contribution is 2.33. The van der Waals surface area contributed by atoms with Crippen molar-refractivity contribution in [1.29, 1.82) is 0 Å². The number of halogens is 1. The molecule has 1 heterocycles. The van der Waals surface area contributed by atoms with Gasteiger partial charge in [0.1, 0.15) is 5.69 Å². The van der Waals surface area contributed by atoms with E-state index in [2.05, 4.69) is 5.32 Å². The molecule has 0 aliphatic carbocycles. The van der Waals surface area contributed by atoms with Gasteiger partial charge in [0.05, 0.1) is 17.1 Å². The molecule has 7 heteroatoms. The van der Waals surface area contributed by atoms with Crippen molar-refractivity contribution in [3.63, 3.8) is 0 Å². The number of nitrogens with one attached hydrogen (secondary N) is 1. The summed E-state index contributed by atoms with van der Waals surface area (Å²) in [5, 5.41) is 24.1. The fraction of sp³-hybridized carbons (Fsp3) is 0.500. The number of hydrogen-bond donors (Lipinski definition) is 2. The van der Waals surface area contributed by atoms with E-state index in [-0.39, 0.29) is 12.3 Å². The number of anilines is 1. The Bertz CT molecular complexity index is 475. The van der Waals surface area contributed by atoms with Gasteiger partial charge in [0.15, 0.2) is 0 Å². The maximum atomic E-state index is 11.0. The molecule has 0 spiro atoms. The predicted octanol–water partition coefficient (Wildman–Crippen LogP) is 2.20. The first-order chi connectivity index (χ1) is 9.06. The number of nitro groups is 1. The Morgan fingerprint density at radius 1 is 1.47 bits per heavy atom. The van der Waals surface area contributed by atoms with E-state index in [0.717, 1.165) is 0 Å². The zero-order valence-electron chi connectivity index (χ0n) is 10.3. The zero-order chi connectivity index (χ0) is 13.9. The van der Waals surface area contributed by atoms with Crippen LogP contribution in [-0.4, -0.2) is 35.4 Å². The highest BCUT2D eigenvalue weighted by Gasteiger charge is 2.33. The number of hydrogen-bond acceptors (Lipinski definition) is 5. The van der Waals surface area contributed by atoms with Crippen molar-refractivity contribution in [2.75, 3.05) is 25.1 Å². The molecular formula is C12H15ClN2O4. The summed E-state index contributed by atoms with van der Waals surface area (Å²) in [4.78, 5) is 10.5. The van der Waals surface area contributed by atoms with Gasteiger partial charge in [-0.1, -0.05) is 11.6 Å². The molecule has 1 aliphatic heterocycles. The van der Waals surface area contributed by atoms with Crippen molar-refractivity contribution in [1.82, 2.24) is 0 Å². The molecule has 0 bridgehead atoms. The van der Waals surface area contributed by atoms with Gasteiger partial charge in [0.2, 0.25) is 0 Å². The molecule has 0 radical (unpaired) electrons. The van der Waals surface area contributed by atoms with Crippen LogP contribution in [0.2, 0.25) is 5.02 Å². The molecule has 6 nitrogen and oxygen atoms in total. The molecule has 0 aromatic heterocycles. The third kappa shape index (κ3) is 3.15. The Hall–Kier alpha value is -1.37. The quantitative estimate of drug-likeness (QED) is 0.655. The maximum Gasteiger partial charge on any atom is 0.292 e. The molecule has 2 N–H and O–H groups in total. The van der Waals surface area contributed by atoms with E-state index in [4.69, 9.17) is 16.3 Å². The molecule has 1 fully saturated rings. The SMILES string of the molecule is O=[N+]([O-])c1ccc(Cl)cc1NC1(CO)CCOCC1. The molecule has 0 unspecified atom stereocenters. The largest absolute Gasteiger partial charge is 0.394 e. The number of nitro benzene ring substituents is 1. The minimum atomic E-state index is -0.590. The molecule has 0 atom stereocenters. The van der Waals surface area contributed by atoms with E-state index in [1.807, 2.05) is 0 Å². The second kappa shape index (κ2) is 5.73. The summed E-state index contributed by atoms with van der Waals surface area (Å²) >= 11 is 5.88. The van der Waals surface area contributed by atoms with Crippen molar-refractivity contribution in [2.45, 2.75) is 18.4 Å². The number of benzene rings is 1.